The fraction of sp³-hybridized carbons (Fsp3) is 0.714. The number of methoxy groups -OCH3 is 2. The minimum atomic E-state index is -1.15. The summed E-state index contributed by atoms with van der Waals surface area (Å²) in [6.07, 6.45) is -0.793. The van der Waals surface area contributed by atoms with Gasteiger partial charge in [0, 0.05) is 14.2 Å². The molecule has 1 heterocycles. The Bertz CT molecular complexity index is 239. The Morgan fingerprint density at radius 2 is 1.85 bits per heavy atom. The number of carbonyl (C=O) groups excluding carboxylic acids is 2. The number of nitrogens with one attached hydrogen (secondary N) is 2. The number of hydrogen-bond acceptors (Lipinski definition) is 4. The van der Waals surface area contributed by atoms with Gasteiger partial charge in [-0.15, -0.1) is 0 Å². The monoisotopic (exact) mass is 188 g/mol. The number of rotatable bonds is 3. The van der Waals surface area contributed by atoms with Crippen molar-refractivity contribution in [1.82, 2.24) is 10.6 Å². The molecule has 1 fully saturated rings. The molecule has 1 rings (SSSR count). The summed E-state index contributed by atoms with van der Waals surface area (Å²) in [7, 11) is 2.80. The normalized spacial score (nSPS) is 27.7. The fourth-order valence-electron chi connectivity index (χ4n) is 1.29. The van der Waals surface area contributed by atoms with Gasteiger partial charge in [0.2, 0.25) is 0 Å². The van der Waals surface area contributed by atoms with E-state index in [0.29, 0.717) is 0 Å². The molecule has 0 aromatic rings. The van der Waals surface area contributed by atoms with Crippen LogP contribution in [0.2, 0.25) is 0 Å². The van der Waals surface area contributed by atoms with E-state index in [4.69, 9.17) is 9.47 Å². The van der Waals surface area contributed by atoms with Crippen LogP contribution >= 0.6 is 0 Å². The van der Waals surface area contributed by atoms with Gasteiger partial charge in [-0.1, -0.05) is 0 Å². The van der Waals surface area contributed by atoms with Gasteiger partial charge in [0.25, 0.3) is 5.91 Å². The molecule has 13 heavy (non-hydrogen) atoms. The summed E-state index contributed by atoms with van der Waals surface area (Å²) in [6.45, 7) is 1.53. The fourth-order valence-corrected chi connectivity index (χ4v) is 1.29. The highest BCUT2D eigenvalue weighted by molar-refractivity contribution is 6.07. The zero-order valence-electron chi connectivity index (χ0n) is 7.71. The summed E-state index contributed by atoms with van der Waals surface area (Å²) in [5, 5.41) is 4.54. The van der Waals surface area contributed by atoms with Crippen molar-refractivity contribution in [3.8, 4) is 0 Å². The van der Waals surface area contributed by atoms with E-state index in [1.165, 1.54) is 21.1 Å². The highest BCUT2D eigenvalue weighted by atomic mass is 16.7. The van der Waals surface area contributed by atoms with E-state index < -0.39 is 23.8 Å². The smallest absolute Gasteiger partial charge is 0.322 e. The molecule has 0 aliphatic carbocycles. The molecule has 1 aliphatic rings. The van der Waals surface area contributed by atoms with Crippen LogP contribution in [0.4, 0.5) is 4.79 Å². The van der Waals surface area contributed by atoms with E-state index in [2.05, 4.69) is 10.6 Å². The van der Waals surface area contributed by atoms with Crippen LogP contribution in [0.3, 0.4) is 0 Å². The van der Waals surface area contributed by atoms with Gasteiger partial charge in [0.15, 0.2) is 11.8 Å². The van der Waals surface area contributed by atoms with Gasteiger partial charge in [-0.3, -0.25) is 10.1 Å². The molecule has 0 aromatic heterocycles. The molecule has 1 unspecified atom stereocenters. The van der Waals surface area contributed by atoms with Crippen molar-refractivity contribution in [3.63, 3.8) is 0 Å². The predicted molar refractivity (Wildman–Crippen MR) is 42.9 cm³/mol. The Balaban J connectivity index is 2.86. The number of urea groups is 1. The summed E-state index contributed by atoms with van der Waals surface area (Å²) in [6, 6.07) is -0.536. The predicted octanol–water partition coefficient (Wildman–Crippen LogP) is -0.797. The van der Waals surface area contributed by atoms with Crippen molar-refractivity contribution in [3.05, 3.63) is 0 Å². The molecule has 0 radical (unpaired) electrons. The molecular weight excluding hydrogens is 176 g/mol. The molecule has 74 valence electrons. The second-order valence-corrected chi connectivity index (χ2v) is 2.91. The third kappa shape index (κ3) is 1.50. The maximum atomic E-state index is 11.3. The van der Waals surface area contributed by atoms with Crippen molar-refractivity contribution in [1.29, 1.82) is 0 Å². The lowest BCUT2D eigenvalue weighted by Crippen LogP contribution is -2.55. The van der Waals surface area contributed by atoms with Crippen molar-refractivity contribution < 1.29 is 19.1 Å². The largest absolute Gasteiger partial charge is 0.353 e. The molecule has 0 saturated carbocycles. The zero-order chi connectivity index (χ0) is 10.1. The maximum Gasteiger partial charge on any atom is 0.322 e. The van der Waals surface area contributed by atoms with Crippen molar-refractivity contribution in [2.24, 2.45) is 0 Å². The van der Waals surface area contributed by atoms with Crippen LogP contribution in [0, 0.1) is 0 Å². The Morgan fingerprint density at radius 1 is 1.31 bits per heavy atom. The maximum absolute atomic E-state index is 11.3. The van der Waals surface area contributed by atoms with E-state index in [9.17, 15) is 9.59 Å². The van der Waals surface area contributed by atoms with Crippen LogP contribution in [-0.4, -0.2) is 38.0 Å². The average molecular weight is 188 g/mol. The van der Waals surface area contributed by atoms with Gasteiger partial charge >= 0.3 is 6.03 Å². The van der Waals surface area contributed by atoms with E-state index in [0.717, 1.165) is 0 Å². The van der Waals surface area contributed by atoms with Gasteiger partial charge in [-0.05, 0) is 6.92 Å². The van der Waals surface area contributed by atoms with Crippen molar-refractivity contribution in [2.75, 3.05) is 14.2 Å². The molecule has 0 aromatic carbocycles. The lowest BCUT2D eigenvalue weighted by molar-refractivity contribution is -0.161. The number of carbonyl (C=O) groups is 2. The van der Waals surface area contributed by atoms with Crippen LogP contribution < -0.4 is 10.6 Å². The Hall–Kier alpha value is -1.14. The van der Waals surface area contributed by atoms with Crippen molar-refractivity contribution >= 4 is 11.9 Å². The molecule has 1 saturated heterocycles. The average Bonchev–Trinajstić information content (AvgIpc) is 2.29. The molecule has 1 atom stereocenters. The standard InChI is InChI=1S/C7H12N2O4/c1-7(5(12-2)13-3)4(10)8-6(11)9-7/h5H,1-3H3,(H2,8,9,10,11). The molecule has 6 heteroatoms. The zero-order valence-corrected chi connectivity index (χ0v) is 7.71. The van der Waals surface area contributed by atoms with Crippen LogP contribution in [0.25, 0.3) is 0 Å². The Kier molecular flexibility index (Phi) is 2.53. The van der Waals surface area contributed by atoms with Crippen LogP contribution in [0.15, 0.2) is 0 Å². The molecule has 2 N–H and O–H groups in total. The van der Waals surface area contributed by atoms with Crippen molar-refractivity contribution in [2.45, 2.75) is 18.8 Å². The topological polar surface area (TPSA) is 76.7 Å². The first kappa shape index (κ1) is 9.94. The van der Waals surface area contributed by atoms with Gasteiger partial charge in [-0.2, -0.15) is 0 Å². The number of ether oxygens (including phenoxy) is 2. The third-order valence-corrected chi connectivity index (χ3v) is 1.97. The summed E-state index contributed by atoms with van der Waals surface area (Å²) in [5.74, 6) is -0.453. The van der Waals surface area contributed by atoms with Gasteiger partial charge < -0.3 is 14.8 Å². The Morgan fingerprint density at radius 3 is 2.15 bits per heavy atom. The highest BCUT2D eigenvalue weighted by Crippen LogP contribution is 2.17. The summed E-state index contributed by atoms with van der Waals surface area (Å²) >= 11 is 0. The first-order chi connectivity index (χ1) is 6.04. The van der Waals surface area contributed by atoms with Gasteiger partial charge in [0.1, 0.15) is 0 Å². The number of imide groups is 1. The molecule has 0 bridgehead atoms. The van der Waals surface area contributed by atoms with Crippen LogP contribution in [0.1, 0.15) is 6.92 Å². The molecular formula is C7H12N2O4. The molecule has 6 nitrogen and oxygen atoms in total. The summed E-state index contributed by atoms with van der Waals surface area (Å²) in [5.41, 5.74) is -1.15. The van der Waals surface area contributed by atoms with E-state index in [1.54, 1.807) is 0 Å². The quantitative estimate of drug-likeness (QED) is 0.449. The molecule has 0 spiro atoms. The minimum absolute atomic E-state index is 0.453. The third-order valence-electron chi connectivity index (χ3n) is 1.97. The van der Waals surface area contributed by atoms with Gasteiger partial charge in [0.05, 0.1) is 0 Å². The molecule has 1 aliphatic heterocycles. The minimum Gasteiger partial charge on any atom is -0.353 e. The SMILES string of the molecule is COC(OC)C1(C)NC(=O)NC1=O. The molecule has 3 amide bonds. The lowest BCUT2D eigenvalue weighted by atomic mass is 10.0. The first-order valence-electron chi connectivity index (χ1n) is 3.73. The van der Waals surface area contributed by atoms with E-state index in [1.807, 2.05) is 0 Å². The van der Waals surface area contributed by atoms with Gasteiger partial charge in [-0.25, -0.2) is 4.79 Å². The second kappa shape index (κ2) is 3.31. The van der Waals surface area contributed by atoms with E-state index >= 15 is 0 Å². The van der Waals surface area contributed by atoms with E-state index in [-0.39, 0.29) is 0 Å². The second-order valence-electron chi connectivity index (χ2n) is 2.91. The summed E-state index contributed by atoms with van der Waals surface area (Å²) in [4.78, 5) is 22.2. The first-order valence-corrected chi connectivity index (χ1v) is 3.73. The van der Waals surface area contributed by atoms with Crippen LogP contribution in [0.5, 0.6) is 0 Å². The van der Waals surface area contributed by atoms with Crippen LogP contribution in [-0.2, 0) is 14.3 Å². The Labute approximate surface area is 75.6 Å². The number of hydrogen-bond donors (Lipinski definition) is 2. The number of amides is 3. The summed E-state index contributed by atoms with van der Waals surface area (Å²) < 4.78 is 9.81. The highest BCUT2D eigenvalue weighted by Gasteiger charge is 2.49. The lowest BCUT2D eigenvalue weighted by Gasteiger charge is -2.28.